The zero-order valence-electron chi connectivity index (χ0n) is 8.11. The number of aliphatic hydroxyl groups excluding tert-OH is 1. The molecule has 14 heavy (non-hydrogen) atoms. The quantitative estimate of drug-likeness (QED) is 0.734. The third kappa shape index (κ3) is 2.30. The molecule has 0 bridgehead atoms. The van der Waals surface area contributed by atoms with Crippen molar-refractivity contribution in [2.45, 2.75) is 26.5 Å². The van der Waals surface area contributed by atoms with Gasteiger partial charge in [0.25, 0.3) is 0 Å². The molecule has 0 fully saturated rings. The van der Waals surface area contributed by atoms with Gasteiger partial charge in [0.05, 0.1) is 12.6 Å². The molecule has 1 aromatic rings. The lowest BCUT2D eigenvalue weighted by Crippen LogP contribution is -2.37. The predicted octanol–water partition coefficient (Wildman–Crippen LogP) is 0.881. The molecule has 0 aliphatic heterocycles. The summed E-state index contributed by atoms with van der Waals surface area (Å²) < 4.78 is 1.51. The van der Waals surface area contributed by atoms with Gasteiger partial charge in [0.1, 0.15) is 17.8 Å². The van der Waals surface area contributed by atoms with Gasteiger partial charge in [-0.1, -0.05) is 25.4 Å². The van der Waals surface area contributed by atoms with E-state index in [1.807, 2.05) is 0 Å². The largest absolute Gasteiger partial charge is 0.390 e. The third-order valence-corrected chi connectivity index (χ3v) is 2.71. The Morgan fingerprint density at radius 2 is 2.36 bits per heavy atom. The summed E-state index contributed by atoms with van der Waals surface area (Å²) in [5, 5.41) is 20.9. The van der Waals surface area contributed by atoms with E-state index < -0.39 is 11.5 Å². The monoisotopic (exact) mass is 216 g/mol. The van der Waals surface area contributed by atoms with Gasteiger partial charge in [0.2, 0.25) is 0 Å². The molecule has 78 valence electrons. The number of nitrogens with zero attached hydrogens (tertiary/aromatic N) is 3. The van der Waals surface area contributed by atoms with Gasteiger partial charge in [-0.15, -0.1) is 0 Å². The summed E-state index contributed by atoms with van der Waals surface area (Å²) in [6, 6.07) is 0. The Labute approximate surface area is 87.2 Å². The van der Waals surface area contributed by atoms with Crippen molar-refractivity contribution < 1.29 is 5.11 Å². The number of hydrogen-bond donors (Lipinski definition) is 2. The van der Waals surface area contributed by atoms with E-state index in [0.717, 1.165) is 0 Å². The number of aromatic nitrogens is 3. The van der Waals surface area contributed by atoms with Crippen LogP contribution in [0.4, 0.5) is 0 Å². The average Bonchev–Trinajstić information content (AvgIpc) is 2.56. The van der Waals surface area contributed by atoms with Crippen LogP contribution in [-0.4, -0.2) is 31.1 Å². The minimum atomic E-state index is -0.756. The van der Waals surface area contributed by atoms with Crippen molar-refractivity contribution in [3.8, 4) is 0 Å². The molecule has 0 amide bonds. The summed E-state index contributed by atoms with van der Waals surface area (Å²) in [4.78, 5) is 3.76. The fourth-order valence-corrected chi connectivity index (χ4v) is 1.00. The minimum absolute atomic E-state index is 0.0647. The topological polar surface area (TPSA) is 74.8 Å². The second-order valence-corrected chi connectivity index (χ2v) is 4.05. The van der Waals surface area contributed by atoms with Crippen LogP contribution in [0.15, 0.2) is 12.7 Å². The molecule has 0 aliphatic rings. The van der Waals surface area contributed by atoms with Crippen molar-refractivity contribution in [3.05, 3.63) is 12.7 Å². The molecule has 2 N–H and O–H groups in total. The SMILES string of the molecule is CC(C)(C(=N)Cl)C(O)Cn1cncn1. The molecule has 0 radical (unpaired) electrons. The molecule has 5 nitrogen and oxygen atoms in total. The van der Waals surface area contributed by atoms with Gasteiger partial charge in [-0.25, -0.2) is 4.98 Å². The van der Waals surface area contributed by atoms with E-state index in [1.165, 1.54) is 17.3 Å². The van der Waals surface area contributed by atoms with E-state index in [4.69, 9.17) is 17.0 Å². The lowest BCUT2D eigenvalue weighted by Gasteiger charge is -2.27. The lowest BCUT2D eigenvalue weighted by molar-refractivity contribution is 0.0745. The van der Waals surface area contributed by atoms with Crippen molar-refractivity contribution in [1.29, 1.82) is 5.41 Å². The normalized spacial score (nSPS) is 14.0. The van der Waals surface area contributed by atoms with Gasteiger partial charge in [-0.2, -0.15) is 5.10 Å². The van der Waals surface area contributed by atoms with E-state index in [-0.39, 0.29) is 11.7 Å². The first kappa shape index (κ1) is 11.1. The molecule has 1 heterocycles. The van der Waals surface area contributed by atoms with Crippen LogP contribution in [-0.2, 0) is 6.54 Å². The van der Waals surface area contributed by atoms with Crippen molar-refractivity contribution in [2.75, 3.05) is 0 Å². The van der Waals surface area contributed by atoms with Crippen molar-refractivity contribution in [3.63, 3.8) is 0 Å². The molecule has 1 aromatic heterocycles. The first-order valence-electron chi connectivity index (χ1n) is 4.19. The molecule has 0 aliphatic carbocycles. The van der Waals surface area contributed by atoms with E-state index >= 15 is 0 Å². The summed E-state index contributed by atoms with van der Waals surface area (Å²) >= 11 is 5.58. The second kappa shape index (κ2) is 4.06. The molecule has 1 rings (SSSR count). The lowest BCUT2D eigenvalue weighted by atomic mass is 9.87. The van der Waals surface area contributed by atoms with Crippen LogP contribution in [0.25, 0.3) is 0 Å². The summed E-state index contributed by atoms with van der Waals surface area (Å²) in [5.41, 5.74) is -0.756. The number of halogens is 1. The average molecular weight is 217 g/mol. The zero-order valence-corrected chi connectivity index (χ0v) is 8.86. The minimum Gasteiger partial charge on any atom is -0.390 e. The summed E-state index contributed by atoms with van der Waals surface area (Å²) in [7, 11) is 0. The van der Waals surface area contributed by atoms with Gasteiger partial charge in [-0.3, -0.25) is 10.1 Å². The van der Waals surface area contributed by atoms with Crippen molar-refractivity contribution >= 4 is 16.8 Å². The van der Waals surface area contributed by atoms with Crippen molar-refractivity contribution in [1.82, 2.24) is 14.8 Å². The maximum atomic E-state index is 9.81. The Bertz CT molecular complexity index is 309. The first-order valence-corrected chi connectivity index (χ1v) is 4.57. The summed E-state index contributed by atoms with van der Waals surface area (Å²) in [6.45, 7) is 3.70. The Morgan fingerprint density at radius 3 is 2.79 bits per heavy atom. The highest BCUT2D eigenvalue weighted by Crippen LogP contribution is 2.25. The smallest absolute Gasteiger partial charge is 0.137 e. The molecule has 1 atom stereocenters. The number of aliphatic hydroxyl groups is 1. The molecule has 0 saturated heterocycles. The number of hydrogen-bond acceptors (Lipinski definition) is 4. The highest BCUT2D eigenvalue weighted by Gasteiger charge is 2.32. The number of nitrogens with one attached hydrogen (secondary N) is 1. The summed E-state index contributed by atoms with van der Waals surface area (Å²) in [6.07, 6.45) is 2.15. The highest BCUT2D eigenvalue weighted by atomic mass is 35.5. The van der Waals surface area contributed by atoms with Gasteiger partial charge in [0.15, 0.2) is 0 Å². The molecule has 1 unspecified atom stereocenters. The predicted molar refractivity (Wildman–Crippen MR) is 53.4 cm³/mol. The molecule has 6 heteroatoms. The molecule has 0 aromatic carbocycles. The Balaban J connectivity index is 2.67. The van der Waals surface area contributed by atoms with Crippen LogP contribution >= 0.6 is 11.6 Å². The first-order chi connectivity index (χ1) is 6.44. The van der Waals surface area contributed by atoms with E-state index in [9.17, 15) is 5.11 Å². The summed E-state index contributed by atoms with van der Waals surface area (Å²) in [5.74, 6) is 0. The standard InChI is InChI=1S/C8H13ClN4O/c1-8(2,7(9)10)6(14)3-13-5-11-4-12-13/h4-6,10,14H,3H2,1-2H3. The fourth-order valence-electron chi connectivity index (χ4n) is 0.879. The van der Waals surface area contributed by atoms with Crippen molar-refractivity contribution in [2.24, 2.45) is 5.41 Å². The molecule has 0 saturated carbocycles. The van der Waals surface area contributed by atoms with Crippen LogP contribution < -0.4 is 0 Å². The van der Waals surface area contributed by atoms with Gasteiger partial charge in [0, 0.05) is 5.41 Å². The maximum Gasteiger partial charge on any atom is 0.137 e. The zero-order chi connectivity index (χ0) is 10.8. The second-order valence-electron chi connectivity index (χ2n) is 3.67. The van der Waals surface area contributed by atoms with Crippen LogP contribution in [0.2, 0.25) is 0 Å². The van der Waals surface area contributed by atoms with Crippen LogP contribution in [0.5, 0.6) is 0 Å². The Morgan fingerprint density at radius 1 is 1.71 bits per heavy atom. The van der Waals surface area contributed by atoms with Crippen LogP contribution in [0, 0.1) is 10.8 Å². The van der Waals surface area contributed by atoms with Crippen LogP contribution in [0.3, 0.4) is 0 Å². The third-order valence-electron chi connectivity index (χ3n) is 2.23. The Hall–Kier alpha value is -0.940. The maximum absolute atomic E-state index is 9.81. The van der Waals surface area contributed by atoms with E-state index in [0.29, 0.717) is 0 Å². The van der Waals surface area contributed by atoms with Gasteiger partial charge >= 0.3 is 0 Å². The van der Waals surface area contributed by atoms with E-state index in [2.05, 4.69) is 10.1 Å². The van der Waals surface area contributed by atoms with Gasteiger partial charge < -0.3 is 5.11 Å². The van der Waals surface area contributed by atoms with Gasteiger partial charge in [-0.05, 0) is 0 Å². The molecule has 0 spiro atoms. The molecular weight excluding hydrogens is 204 g/mol. The fraction of sp³-hybridized carbons (Fsp3) is 0.625. The molecular formula is C8H13ClN4O. The number of rotatable bonds is 4. The Kier molecular flexibility index (Phi) is 3.23. The van der Waals surface area contributed by atoms with E-state index in [1.54, 1.807) is 13.8 Å². The highest BCUT2D eigenvalue weighted by molar-refractivity contribution is 6.65. The van der Waals surface area contributed by atoms with Crippen LogP contribution in [0.1, 0.15) is 13.8 Å².